The minimum Gasteiger partial charge on any atom is -0.498 e. The minimum atomic E-state index is 0.789. The molecule has 0 aromatic heterocycles. The average molecular weight is 114 g/mol. The molecule has 0 saturated heterocycles. The van der Waals surface area contributed by atoms with Crippen LogP contribution in [0, 0.1) is 0 Å². The standard InChI is InChI=1S/C6H10O2/c1-6-5-7-3-2-4-8-6/h5H,2-4H2,1H3. The van der Waals surface area contributed by atoms with Crippen molar-refractivity contribution in [3.05, 3.63) is 12.0 Å². The average Bonchev–Trinajstić information content (AvgIpc) is 1.94. The lowest BCUT2D eigenvalue weighted by Crippen LogP contribution is -1.90. The normalized spacial score (nSPS) is 19.9. The van der Waals surface area contributed by atoms with Crippen molar-refractivity contribution in [1.82, 2.24) is 0 Å². The van der Waals surface area contributed by atoms with Crippen molar-refractivity contribution in [2.75, 3.05) is 13.2 Å². The van der Waals surface area contributed by atoms with Crippen LogP contribution in [0.15, 0.2) is 12.0 Å². The first-order valence-electron chi connectivity index (χ1n) is 2.81. The molecule has 0 unspecified atom stereocenters. The van der Waals surface area contributed by atoms with E-state index in [2.05, 4.69) is 0 Å². The topological polar surface area (TPSA) is 18.5 Å². The van der Waals surface area contributed by atoms with Crippen LogP contribution >= 0.6 is 0 Å². The van der Waals surface area contributed by atoms with E-state index < -0.39 is 0 Å². The summed E-state index contributed by atoms with van der Waals surface area (Å²) < 4.78 is 10.2. The van der Waals surface area contributed by atoms with Crippen LogP contribution < -0.4 is 0 Å². The van der Waals surface area contributed by atoms with Crippen molar-refractivity contribution in [2.24, 2.45) is 0 Å². The van der Waals surface area contributed by atoms with Gasteiger partial charge in [0.15, 0.2) is 0 Å². The van der Waals surface area contributed by atoms with Crippen LogP contribution in [0.4, 0.5) is 0 Å². The second kappa shape index (κ2) is 2.60. The summed E-state index contributed by atoms with van der Waals surface area (Å²) >= 11 is 0. The van der Waals surface area contributed by atoms with Crippen molar-refractivity contribution in [2.45, 2.75) is 13.3 Å². The number of ether oxygens (including phenoxy) is 2. The van der Waals surface area contributed by atoms with Crippen LogP contribution in [0.25, 0.3) is 0 Å². The zero-order valence-corrected chi connectivity index (χ0v) is 5.02. The Balaban J connectivity index is 2.36. The predicted octanol–water partition coefficient (Wildman–Crippen LogP) is 1.28. The van der Waals surface area contributed by atoms with Gasteiger partial charge in [0.2, 0.25) is 0 Å². The predicted molar refractivity (Wildman–Crippen MR) is 30.3 cm³/mol. The molecule has 0 spiro atoms. The van der Waals surface area contributed by atoms with Gasteiger partial charge in [-0.3, -0.25) is 0 Å². The summed E-state index contributed by atoms with van der Waals surface area (Å²) in [4.78, 5) is 0. The Bertz CT molecular complexity index is 96.7. The molecule has 2 heteroatoms. The summed E-state index contributed by atoms with van der Waals surface area (Å²) in [6.07, 6.45) is 2.65. The van der Waals surface area contributed by atoms with Gasteiger partial charge in [-0.15, -0.1) is 0 Å². The molecule has 1 aliphatic rings. The van der Waals surface area contributed by atoms with Crippen LogP contribution in [-0.2, 0) is 9.47 Å². The van der Waals surface area contributed by atoms with Gasteiger partial charge >= 0.3 is 0 Å². The van der Waals surface area contributed by atoms with Gasteiger partial charge in [0.25, 0.3) is 0 Å². The lowest BCUT2D eigenvalue weighted by atomic mass is 10.5. The molecule has 0 aromatic rings. The molecular formula is C6H10O2. The summed E-state index contributed by atoms with van der Waals surface area (Å²) in [6.45, 7) is 3.48. The van der Waals surface area contributed by atoms with Crippen molar-refractivity contribution in [1.29, 1.82) is 0 Å². The van der Waals surface area contributed by atoms with Crippen molar-refractivity contribution in [3.63, 3.8) is 0 Å². The second-order valence-corrected chi connectivity index (χ2v) is 1.80. The maximum absolute atomic E-state index is 5.14. The molecule has 0 aliphatic carbocycles. The lowest BCUT2D eigenvalue weighted by molar-refractivity contribution is 0.211. The maximum atomic E-state index is 5.14. The fraction of sp³-hybridized carbons (Fsp3) is 0.667. The SMILES string of the molecule is CC1=COCCCO1. The molecule has 8 heavy (non-hydrogen) atoms. The molecule has 0 N–H and O–H groups in total. The molecule has 0 amide bonds. The van der Waals surface area contributed by atoms with E-state index in [1.807, 2.05) is 6.92 Å². The summed E-state index contributed by atoms with van der Waals surface area (Å²) in [5.41, 5.74) is 0. The van der Waals surface area contributed by atoms with E-state index in [0.29, 0.717) is 0 Å². The van der Waals surface area contributed by atoms with Gasteiger partial charge in [0.05, 0.1) is 13.2 Å². The Labute approximate surface area is 49.1 Å². The molecule has 1 rings (SSSR count). The molecular weight excluding hydrogens is 104 g/mol. The second-order valence-electron chi connectivity index (χ2n) is 1.80. The third kappa shape index (κ3) is 1.45. The fourth-order valence-corrected chi connectivity index (χ4v) is 0.586. The zero-order chi connectivity index (χ0) is 5.82. The third-order valence-electron chi connectivity index (χ3n) is 0.986. The molecule has 0 aromatic carbocycles. The van der Waals surface area contributed by atoms with Gasteiger partial charge in [-0.25, -0.2) is 0 Å². The highest BCUT2D eigenvalue weighted by Crippen LogP contribution is 2.01. The van der Waals surface area contributed by atoms with Crippen molar-refractivity contribution in [3.8, 4) is 0 Å². The molecule has 1 aliphatic heterocycles. The van der Waals surface area contributed by atoms with Crippen LogP contribution in [-0.4, -0.2) is 13.2 Å². The Morgan fingerprint density at radius 2 is 2.38 bits per heavy atom. The summed E-state index contributed by atoms with van der Waals surface area (Å²) in [5.74, 6) is 0.877. The fourth-order valence-electron chi connectivity index (χ4n) is 0.586. The van der Waals surface area contributed by atoms with E-state index in [4.69, 9.17) is 9.47 Å². The first kappa shape index (κ1) is 5.48. The van der Waals surface area contributed by atoms with Gasteiger partial charge in [-0.2, -0.15) is 0 Å². The molecule has 0 fully saturated rings. The van der Waals surface area contributed by atoms with E-state index in [0.717, 1.165) is 25.4 Å². The van der Waals surface area contributed by atoms with Gasteiger partial charge in [-0.05, 0) is 6.92 Å². The van der Waals surface area contributed by atoms with Gasteiger partial charge in [0.1, 0.15) is 12.0 Å². The number of rotatable bonds is 0. The van der Waals surface area contributed by atoms with Crippen LogP contribution in [0.1, 0.15) is 13.3 Å². The van der Waals surface area contributed by atoms with Gasteiger partial charge < -0.3 is 9.47 Å². The van der Waals surface area contributed by atoms with Gasteiger partial charge in [0, 0.05) is 6.42 Å². The molecule has 46 valence electrons. The van der Waals surface area contributed by atoms with E-state index in [9.17, 15) is 0 Å². The Hall–Kier alpha value is -0.660. The Kier molecular flexibility index (Phi) is 1.78. The highest BCUT2D eigenvalue weighted by Gasteiger charge is 1.95. The lowest BCUT2D eigenvalue weighted by Gasteiger charge is -1.96. The monoisotopic (exact) mass is 114 g/mol. The largest absolute Gasteiger partial charge is 0.498 e. The van der Waals surface area contributed by atoms with E-state index >= 15 is 0 Å². The number of hydrogen-bond donors (Lipinski definition) is 0. The summed E-state index contributed by atoms with van der Waals surface area (Å²) in [6, 6.07) is 0. The molecule has 0 saturated carbocycles. The Morgan fingerprint density at radius 1 is 1.50 bits per heavy atom. The van der Waals surface area contributed by atoms with Crippen LogP contribution in [0.5, 0.6) is 0 Å². The first-order valence-corrected chi connectivity index (χ1v) is 2.81. The highest BCUT2D eigenvalue weighted by molar-refractivity contribution is 4.82. The first-order chi connectivity index (χ1) is 3.89. The molecule has 2 nitrogen and oxygen atoms in total. The van der Waals surface area contributed by atoms with Gasteiger partial charge in [-0.1, -0.05) is 0 Å². The highest BCUT2D eigenvalue weighted by atomic mass is 16.5. The van der Waals surface area contributed by atoms with Crippen molar-refractivity contribution >= 4 is 0 Å². The Morgan fingerprint density at radius 3 is 3.25 bits per heavy atom. The van der Waals surface area contributed by atoms with E-state index in [1.54, 1.807) is 6.26 Å². The summed E-state index contributed by atoms with van der Waals surface area (Å²) in [5, 5.41) is 0. The molecule has 0 radical (unpaired) electrons. The molecule has 0 bridgehead atoms. The molecule has 1 heterocycles. The smallest absolute Gasteiger partial charge is 0.127 e. The van der Waals surface area contributed by atoms with E-state index in [-0.39, 0.29) is 0 Å². The van der Waals surface area contributed by atoms with E-state index in [1.165, 1.54) is 0 Å². The number of hydrogen-bond acceptors (Lipinski definition) is 2. The molecule has 0 atom stereocenters. The summed E-state index contributed by atoms with van der Waals surface area (Å²) in [7, 11) is 0. The van der Waals surface area contributed by atoms with Crippen LogP contribution in [0.3, 0.4) is 0 Å². The number of allylic oxidation sites excluding steroid dienone is 1. The quantitative estimate of drug-likeness (QED) is 0.472. The van der Waals surface area contributed by atoms with Crippen LogP contribution in [0.2, 0.25) is 0 Å². The zero-order valence-electron chi connectivity index (χ0n) is 5.02. The minimum absolute atomic E-state index is 0.789. The van der Waals surface area contributed by atoms with Crippen molar-refractivity contribution < 1.29 is 9.47 Å². The third-order valence-corrected chi connectivity index (χ3v) is 0.986. The maximum Gasteiger partial charge on any atom is 0.127 e.